The minimum Gasteiger partial charge on any atom is -0.486 e. The Bertz CT molecular complexity index is 780. The summed E-state index contributed by atoms with van der Waals surface area (Å²) in [5.41, 5.74) is 0.769. The van der Waals surface area contributed by atoms with Crippen molar-refractivity contribution in [1.29, 1.82) is 0 Å². The molecule has 1 atom stereocenters. The number of amides is 1. The molecule has 1 N–H and O–H groups in total. The molecule has 1 saturated heterocycles. The number of rotatable bonds is 6. The summed E-state index contributed by atoms with van der Waals surface area (Å²) in [6.45, 7) is 0.992. The molecule has 0 aliphatic carbocycles. The van der Waals surface area contributed by atoms with Crippen molar-refractivity contribution in [2.75, 3.05) is 25.2 Å². The van der Waals surface area contributed by atoms with Crippen LogP contribution < -0.4 is 9.47 Å². The number of carbonyl (C=O) groups is 2. The number of benzene rings is 1. The van der Waals surface area contributed by atoms with Crippen LogP contribution in [-0.4, -0.2) is 57.5 Å². The summed E-state index contributed by atoms with van der Waals surface area (Å²) in [5.74, 6) is 0.516. The fourth-order valence-corrected chi connectivity index (χ4v) is 4.46. The van der Waals surface area contributed by atoms with Gasteiger partial charge in [-0.05, 0) is 42.2 Å². The van der Waals surface area contributed by atoms with Gasteiger partial charge in [-0.1, -0.05) is 30.0 Å². The van der Waals surface area contributed by atoms with E-state index in [9.17, 15) is 14.7 Å². The van der Waals surface area contributed by atoms with Crippen LogP contribution in [0.5, 0.6) is 11.5 Å². The first kappa shape index (κ1) is 19.1. The Hall–Kier alpha value is -1.71. The second-order valence-corrected chi connectivity index (χ2v) is 8.25. The Labute approximate surface area is 164 Å². The largest absolute Gasteiger partial charge is 0.486 e. The number of carboxylic acids is 1. The number of fused-ring (bicyclic) bond motifs is 1. The molecule has 0 spiro atoms. The third-order valence-corrected chi connectivity index (χ3v) is 5.85. The van der Waals surface area contributed by atoms with Crippen LogP contribution in [0, 0.1) is 0 Å². The zero-order valence-corrected chi connectivity index (χ0v) is 16.4. The molecule has 0 saturated carbocycles. The SMILES string of the molecule is CSCC[C@@H](C(=O)O)N1C(=O)/C(=C\c2ccc3c(c2)OCCO3)SC1=S. The molecule has 1 aromatic rings. The fourth-order valence-electron chi connectivity index (χ4n) is 2.64. The van der Waals surface area contributed by atoms with Crippen LogP contribution in [0.25, 0.3) is 6.08 Å². The van der Waals surface area contributed by atoms with E-state index in [2.05, 4.69) is 0 Å². The second kappa shape index (κ2) is 8.32. The zero-order chi connectivity index (χ0) is 18.7. The standard InChI is InChI=1S/C17H17NO5S3/c1-25-7-4-11(16(20)21)18-15(19)14(26-17(18)24)9-10-2-3-12-13(8-10)23-6-5-22-12/h2-3,8-9,11H,4-7H2,1H3,(H,20,21)/b14-9+/t11-/m0/s1. The predicted molar refractivity (Wildman–Crippen MR) is 107 cm³/mol. The predicted octanol–water partition coefficient (Wildman–Crippen LogP) is 2.87. The van der Waals surface area contributed by atoms with Gasteiger partial charge >= 0.3 is 5.97 Å². The molecule has 2 aliphatic rings. The van der Waals surface area contributed by atoms with Gasteiger partial charge in [0.2, 0.25) is 0 Å². The molecule has 138 valence electrons. The lowest BCUT2D eigenvalue weighted by Crippen LogP contribution is -2.44. The van der Waals surface area contributed by atoms with Gasteiger partial charge in [0.1, 0.15) is 23.6 Å². The van der Waals surface area contributed by atoms with Crippen molar-refractivity contribution in [3.05, 3.63) is 28.7 Å². The van der Waals surface area contributed by atoms with Crippen molar-refractivity contribution >= 4 is 58.0 Å². The van der Waals surface area contributed by atoms with Crippen LogP contribution >= 0.6 is 35.7 Å². The number of carbonyl (C=O) groups excluding carboxylic acids is 1. The third-order valence-electron chi connectivity index (χ3n) is 3.88. The van der Waals surface area contributed by atoms with E-state index in [4.69, 9.17) is 21.7 Å². The number of carboxylic acid groups (broad SMARTS) is 1. The molecule has 2 aliphatic heterocycles. The Morgan fingerprint density at radius 2 is 2.15 bits per heavy atom. The molecular weight excluding hydrogens is 394 g/mol. The first-order valence-electron chi connectivity index (χ1n) is 7.89. The number of ether oxygens (including phenoxy) is 2. The lowest BCUT2D eigenvalue weighted by atomic mass is 10.1. The molecule has 9 heteroatoms. The van der Waals surface area contributed by atoms with E-state index in [0.29, 0.717) is 41.8 Å². The van der Waals surface area contributed by atoms with Crippen LogP contribution in [0.2, 0.25) is 0 Å². The number of thioether (sulfide) groups is 2. The topological polar surface area (TPSA) is 76.1 Å². The van der Waals surface area contributed by atoms with Gasteiger partial charge in [-0.2, -0.15) is 11.8 Å². The van der Waals surface area contributed by atoms with Crippen molar-refractivity contribution < 1.29 is 24.2 Å². The fraction of sp³-hybridized carbons (Fsp3) is 0.353. The number of hydrogen-bond acceptors (Lipinski definition) is 7. The molecule has 0 aromatic heterocycles. The lowest BCUT2D eigenvalue weighted by Gasteiger charge is -2.22. The summed E-state index contributed by atoms with van der Waals surface area (Å²) in [5, 5.41) is 9.48. The summed E-state index contributed by atoms with van der Waals surface area (Å²) in [6.07, 6.45) is 3.94. The van der Waals surface area contributed by atoms with Gasteiger partial charge in [-0.25, -0.2) is 4.79 Å². The van der Waals surface area contributed by atoms with E-state index in [-0.39, 0.29) is 10.2 Å². The minimum absolute atomic E-state index is 0.271. The maximum Gasteiger partial charge on any atom is 0.326 e. The van der Waals surface area contributed by atoms with Crippen molar-refractivity contribution in [3.63, 3.8) is 0 Å². The first-order chi connectivity index (χ1) is 12.5. The van der Waals surface area contributed by atoms with E-state index in [1.54, 1.807) is 18.2 Å². The van der Waals surface area contributed by atoms with Crippen LogP contribution in [0.4, 0.5) is 0 Å². The van der Waals surface area contributed by atoms with Gasteiger partial charge in [-0.3, -0.25) is 9.69 Å². The van der Waals surface area contributed by atoms with E-state index < -0.39 is 12.0 Å². The van der Waals surface area contributed by atoms with Gasteiger partial charge in [0.25, 0.3) is 5.91 Å². The summed E-state index contributed by atoms with van der Waals surface area (Å²) in [6, 6.07) is 4.46. The Morgan fingerprint density at radius 1 is 1.42 bits per heavy atom. The Balaban J connectivity index is 1.83. The Morgan fingerprint density at radius 3 is 2.85 bits per heavy atom. The highest BCUT2D eigenvalue weighted by Crippen LogP contribution is 2.37. The number of thiocarbonyl (C=S) groups is 1. The maximum atomic E-state index is 12.7. The van der Waals surface area contributed by atoms with E-state index in [1.165, 1.54) is 16.7 Å². The maximum absolute atomic E-state index is 12.7. The lowest BCUT2D eigenvalue weighted by molar-refractivity contribution is -0.145. The molecule has 6 nitrogen and oxygen atoms in total. The molecule has 26 heavy (non-hydrogen) atoms. The molecule has 3 rings (SSSR count). The third kappa shape index (κ3) is 3.99. The summed E-state index contributed by atoms with van der Waals surface area (Å²) < 4.78 is 11.3. The van der Waals surface area contributed by atoms with Crippen LogP contribution in [0.15, 0.2) is 23.1 Å². The summed E-state index contributed by atoms with van der Waals surface area (Å²) >= 11 is 7.92. The molecule has 0 bridgehead atoms. The van der Waals surface area contributed by atoms with E-state index >= 15 is 0 Å². The number of hydrogen-bond donors (Lipinski definition) is 1. The number of aliphatic carboxylic acids is 1. The smallest absolute Gasteiger partial charge is 0.326 e. The quantitative estimate of drug-likeness (QED) is 0.566. The van der Waals surface area contributed by atoms with Crippen LogP contribution in [0.1, 0.15) is 12.0 Å². The van der Waals surface area contributed by atoms with Gasteiger partial charge in [0.05, 0.1) is 4.91 Å². The monoisotopic (exact) mass is 411 g/mol. The normalized spacial score (nSPS) is 19.1. The Kier molecular flexibility index (Phi) is 6.10. The van der Waals surface area contributed by atoms with E-state index in [0.717, 1.165) is 17.3 Å². The molecule has 1 fully saturated rings. The highest BCUT2D eigenvalue weighted by atomic mass is 32.2. The van der Waals surface area contributed by atoms with Gasteiger partial charge in [-0.15, -0.1) is 0 Å². The average Bonchev–Trinajstić information content (AvgIpc) is 2.89. The molecule has 1 aromatic carbocycles. The van der Waals surface area contributed by atoms with Crippen molar-refractivity contribution in [2.45, 2.75) is 12.5 Å². The van der Waals surface area contributed by atoms with Gasteiger partial charge in [0, 0.05) is 0 Å². The van der Waals surface area contributed by atoms with Crippen molar-refractivity contribution in [2.24, 2.45) is 0 Å². The molecule has 1 amide bonds. The molecular formula is C17H17NO5S3. The zero-order valence-electron chi connectivity index (χ0n) is 14.0. The number of nitrogens with zero attached hydrogens (tertiary/aromatic N) is 1. The highest BCUT2D eigenvalue weighted by molar-refractivity contribution is 8.26. The van der Waals surface area contributed by atoms with Gasteiger partial charge in [0.15, 0.2) is 11.5 Å². The van der Waals surface area contributed by atoms with E-state index in [1.807, 2.05) is 12.3 Å². The highest BCUT2D eigenvalue weighted by Gasteiger charge is 2.40. The van der Waals surface area contributed by atoms with Gasteiger partial charge < -0.3 is 14.6 Å². The molecule has 0 unspecified atom stereocenters. The van der Waals surface area contributed by atoms with Crippen molar-refractivity contribution in [1.82, 2.24) is 4.90 Å². The average molecular weight is 412 g/mol. The first-order valence-corrected chi connectivity index (χ1v) is 10.5. The molecule has 0 radical (unpaired) electrons. The molecule has 2 heterocycles. The van der Waals surface area contributed by atoms with Crippen LogP contribution in [-0.2, 0) is 9.59 Å². The second-order valence-electron chi connectivity index (χ2n) is 5.59. The minimum atomic E-state index is -1.05. The summed E-state index contributed by atoms with van der Waals surface area (Å²) in [4.78, 5) is 25.9. The van der Waals surface area contributed by atoms with Crippen molar-refractivity contribution in [3.8, 4) is 11.5 Å². The summed E-state index contributed by atoms with van der Waals surface area (Å²) in [7, 11) is 0. The van der Waals surface area contributed by atoms with Crippen LogP contribution in [0.3, 0.4) is 0 Å².